The maximum absolute atomic E-state index is 13.3. The summed E-state index contributed by atoms with van der Waals surface area (Å²) in [6.07, 6.45) is 1.92. The van der Waals surface area contributed by atoms with Crippen molar-refractivity contribution in [3.05, 3.63) is 118 Å². The number of hydrogen-bond donors (Lipinski definition) is 2. The van der Waals surface area contributed by atoms with Gasteiger partial charge in [0.1, 0.15) is 5.01 Å². The molecule has 1 aliphatic rings. The average Bonchev–Trinajstić information content (AvgIpc) is 3.67. The van der Waals surface area contributed by atoms with Gasteiger partial charge >= 0.3 is 0 Å². The monoisotopic (exact) mass is 568 g/mol. The Labute approximate surface area is 240 Å². The number of aliphatic hydroxyl groups is 1. The molecule has 3 heterocycles. The number of thiophene rings is 1. The molecule has 1 aliphatic heterocycles. The Morgan fingerprint density at radius 3 is 2.62 bits per heavy atom. The Hall–Kier alpha value is -3.82. The quantitative estimate of drug-likeness (QED) is 0.204. The number of carbonyl (C=O) groups excluding carboxylic acids is 1. The Kier molecular flexibility index (Phi) is 7.75. The molecule has 0 spiro atoms. The van der Waals surface area contributed by atoms with Crippen LogP contribution in [0, 0.1) is 6.92 Å². The summed E-state index contributed by atoms with van der Waals surface area (Å²) in [4.78, 5) is 18.0. The second-order valence-electron chi connectivity index (χ2n) is 9.78. The van der Waals surface area contributed by atoms with E-state index in [0.29, 0.717) is 18.7 Å². The number of aryl methyl sites for hydroxylation is 1. The number of amides is 1. The van der Waals surface area contributed by atoms with Gasteiger partial charge in [0.15, 0.2) is 5.76 Å². The number of aromatic nitrogens is 1. The minimum atomic E-state index is -0.571. The van der Waals surface area contributed by atoms with Crippen molar-refractivity contribution in [2.45, 2.75) is 38.8 Å². The van der Waals surface area contributed by atoms with Crippen molar-refractivity contribution in [3.8, 4) is 10.6 Å². The number of fused-ring (bicyclic) bond motifs is 1. The van der Waals surface area contributed by atoms with Gasteiger partial charge in [-0.15, -0.1) is 11.3 Å². The van der Waals surface area contributed by atoms with Crippen LogP contribution in [0.25, 0.3) is 20.8 Å². The molecule has 202 valence electrons. The lowest BCUT2D eigenvalue weighted by Crippen LogP contribution is -2.29. The number of thiazole rings is 1. The van der Waals surface area contributed by atoms with Gasteiger partial charge < -0.3 is 19.9 Å². The summed E-state index contributed by atoms with van der Waals surface area (Å²) in [7, 11) is 0. The van der Waals surface area contributed by atoms with E-state index in [-0.39, 0.29) is 24.2 Å². The van der Waals surface area contributed by atoms with Crippen LogP contribution in [0.3, 0.4) is 0 Å². The summed E-state index contributed by atoms with van der Waals surface area (Å²) in [5.41, 5.74) is 6.83. The minimum Gasteiger partial charge on any atom is -0.459 e. The van der Waals surface area contributed by atoms with Crippen molar-refractivity contribution in [1.29, 1.82) is 0 Å². The first-order valence-electron chi connectivity index (χ1n) is 13.0. The molecule has 0 fully saturated rings. The first-order valence-corrected chi connectivity index (χ1v) is 14.8. The number of anilines is 1. The van der Waals surface area contributed by atoms with E-state index in [9.17, 15) is 9.90 Å². The molecule has 40 heavy (non-hydrogen) atoms. The second-order valence-corrected chi connectivity index (χ2v) is 11.6. The number of hydrogen-bond acceptors (Lipinski definition) is 7. The van der Waals surface area contributed by atoms with E-state index in [2.05, 4.69) is 35.8 Å². The number of carbonyl (C=O) groups is 1. The Morgan fingerprint density at radius 1 is 1.07 bits per heavy atom. The van der Waals surface area contributed by atoms with Crippen molar-refractivity contribution in [2.75, 3.05) is 5.32 Å². The number of nitrogens with zero attached hydrogens (tertiary/aromatic N) is 1. The van der Waals surface area contributed by atoms with E-state index in [1.165, 1.54) is 5.56 Å². The first-order chi connectivity index (χ1) is 19.5. The van der Waals surface area contributed by atoms with Crippen LogP contribution in [0.2, 0.25) is 0 Å². The van der Waals surface area contributed by atoms with Gasteiger partial charge in [-0.2, -0.15) is 11.3 Å². The zero-order valence-corrected chi connectivity index (χ0v) is 23.5. The van der Waals surface area contributed by atoms with Crippen molar-refractivity contribution in [1.82, 2.24) is 4.98 Å². The highest BCUT2D eigenvalue weighted by Gasteiger charge is 2.29. The van der Waals surface area contributed by atoms with Crippen molar-refractivity contribution >= 4 is 44.5 Å². The second kappa shape index (κ2) is 11.7. The summed E-state index contributed by atoms with van der Waals surface area (Å²) in [5, 5.41) is 17.3. The third-order valence-corrected chi connectivity index (χ3v) is 8.60. The van der Waals surface area contributed by atoms with Crippen LogP contribution in [0.5, 0.6) is 0 Å². The average molecular weight is 569 g/mol. The molecule has 0 aliphatic carbocycles. The number of allylic oxidation sites excluding steroid dienone is 1. The van der Waals surface area contributed by atoms with Crippen LogP contribution in [0.1, 0.15) is 34.6 Å². The number of nitrogens with one attached hydrogen (secondary N) is 1. The predicted octanol–water partition coefficient (Wildman–Crippen LogP) is 7.39. The highest BCUT2D eigenvalue weighted by molar-refractivity contribution is 7.21. The van der Waals surface area contributed by atoms with E-state index in [1.807, 2.05) is 66.1 Å². The molecule has 1 amide bonds. The number of rotatable bonds is 8. The predicted molar refractivity (Wildman–Crippen MR) is 160 cm³/mol. The fourth-order valence-corrected chi connectivity index (χ4v) is 6.40. The van der Waals surface area contributed by atoms with Crippen molar-refractivity contribution < 1.29 is 19.4 Å². The van der Waals surface area contributed by atoms with E-state index >= 15 is 0 Å². The molecule has 3 aromatic carbocycles. The lowest BCUT2D eigenvalue weighted by atomic mass is 9.95. The van der Waals surface area contributed by atoms with Gasteiger partial charge in [0, 0.05) is 23.6 Å². The van der Waals surface area contributed by atoms with E-state index in [4.69, 9.17) is 14.5 Å². The summed E-state index contributed by atoms with van der Waals surface area (Å²) < 4.78 is 13.3. The van der Waals surface area contributed by atoms with Crippen LogP contribution < -0.4 is 5.32 Å². The Morgan fingerprint density at radius 2 is 1.88 bits per heavy atom. The highest BCUT2D eigenvalue weighted by atomic mass is 32.1. The molecular formula is C32H28N2O4S2. The smallest absolute Gasteiger partial charge is 0.290 e. The van der Waals surface area contributed by atoms with Crippen molar-refractivity contribution in [2.24, 2.45) is 0 Å². The molecule has 2 aromatic heterocycles. The molecule has 6 nitrogen and oxygen atoms in total. The van der Waals surface area contributed by atoms with Gasteiger partial charge in [0.05, 0.1) is 23.4 Å². The van der Waals surface area contributed by atoms with Crippen LogP contribution in [-0.2, 0) is 27.5 Å². The van der Waals surface area contributed by atoms with Crippen LogP contribution in [-0.4, -0.2) is 22.3 Å². The molecule has 6 rings (SSSR count). The van der Waals surface area contributed by atoms with Gasteiger partial charge in [0.2, 0.25) is 6.29 Å². The SMILES string of the molecule is Cc1ccc2nc(-c3ccc(NC(=O)C4=C[C@H](c5ccsc5)C[C@H](OCc5ccc(CO)cc5)O4)cc3)sc2c1. The zero-order chi connectivity index (χ0) is 27.5. The lowest BCUT2D eigenvalue weighted by molar-refractivity contribution is -0.147. The summed E-state index contributed by atoms with van der Waals surface area (Å²) in [5.74, 6) is -0.0645. The Balaban J connectivity index is 1.15. The normalized spacial score (nSPS) is 16.9. The molecule has 0 saturated heterocycles. The molecule has 5 aromatic rings. The number of benzene rings is 3. The first kappa shape index (κ1) is 26.4. The summed E-state index contributed by atoms with van der Waals surface area (Å²) in [6, 6.07) is 23.6. The number of aliphatic hydroxyl groups excluding tert-OH is 1. The maximum Gasteiger partial charge on any atom is 0.290 e. The Bertz CT molecular complexity index is 1640. The largest absolute Gasteiger partial charge is 0.459 e. The lowest BCUT2D eigenvalue weighted by Gasteiger charge is -2.29. The van der Waals surface area contributed by atoms with Gasteiger partial charge in [-0.3, -0.25) is 4.79 Å². The topological polar surface area (TPSA) is 80.7 Å². The van der Waals surface area contributed by atoms with Crippen molar-refractivity contribution in [3.63, 3.8) is 0 Å². The van der Waals surface area contributed by atoms with Crippen LogP contribution in [0.15, 0.2) is 95.4 Å². The van der Waals surface area contributed by atoms with Gasteiger partial charge in [-0.05, 0) is 88.5 Å². The summed E-state index contributed by atoms with van der Waals surface area (Å²) >= 11 is 3.28. The van der Waals surface area contributed by atoms with Gasteiger partial charge in [-0.1, -0.05) is 30.3 Å². The highest BCUT2D eigenvalue weighted by Crippen LogP contribution is 2.34. The zero-order valence-electron chi connectivity index (χ0n) is 21.9. The standard InChI is InChI=1S/C32H28N2O4S2/c1-20-2-11-27-29(14-20)40-32(34-27)23-7-9-26(10-8-23)33-31(36)28-15-25(24-12-13-39-19-24)16-30(38-28)37-18-22-5-3-21(17-35)4-6-22/h2-15,19,25,30,35H,16-18H2,1H3,(H,33,36)/t25-,30+/m0/s1. The minimum absolute atomic E-state index is 0.00286. The molecule has 0 radical (unpaired) electrons. The molecule has 2 atom stereocenters. The van der Waals surface area contributed by atoms with E-state index in [0.717, 1.165) is 37.5 Å². The summed E-state index contributed by atoms with van der Waals surface area (Å²) in [6.45, 7) is 2.42. The fourth-order valence-electron chi connectivity index (χ4n) is 4.61. The third-order valence-electron chi connectivity index (χ3n) is 6.83. The molecule has 8 heteroatoms. The molecule has 0 unspecified atom stereocenters. The molecular weight excluding hydrogens is 540 g/mol. The fraction of sp³-hybridized carbons (Fsp3) is 0.188. The van der Waals surface area contributed by atoms with E-state index < -0.39 is 6.29 Å². The molecule has 0 saturated carbocycles. The van der Waals surface area contributed by atoms with E-state index in [1.54, 1.807) is 22.7 Å². The van der Waals surface area contributed by atoms with Gasteiger partial charge in [0.25, 0.3) is 5.91 Å². The molecule has 2 N–H and O–H groups in total. The van der Waals surface area contributed by atoms with Gasteiger partial charge in [-0.25, -0.2) is 4.98 Å². The van der Waals surface area contributed by atoms with Crippen LogP contribution in [0.4, 0.5) is 5.69 Å². The molecule has 0 bridgehead atoms. The maximum atomic E-state index is 13.3. The number of ether oxygens (including phenoxy) is 2. The third kappa shape index (κ3) is 6.00. The van der Waals surface area contributed by atoms with Crippen LogP contribution >= 0.6 is 22.7 Å².